The number of ether oxygens (including phenoxy) is 1. The predicted octanol–water partition coefficient (Wildman–Crippen LogP) is 1.33. The van der Waals surface area contributed by atoms with Gasteiger partial charge < -0.3 is 15.2 Å². The molecule has 0 unspecified atom stereocenters. The van der Waals surface area contributed by atoms with Gasteiger partial charge in [0.25, 0.3) is 5.91 Å². The maximum absolute atomic E-state index is 12.4. The number of aryl methyl sites for hydroxylation is 1. The van der Waals surface area contributed by atoms with E-state index in [1.807, 2.05) is 13.8 Å². The highest BCUT2D eigenvalue weighted by Crippen LogP contribution is 2.31. The van der Waals surface area contributed by atoms with Crippen LogP contribution in [0.1, 0.15) is 62.0 Å². The Balaban J connectivity index is 2.15. The lowest BCUT2D eigenvalue weighted by Crippen LogP contribution is -2.33. The Morgan fingerprint density at radius 1 is 1.52 bits per heavy atom. The Bertz CT molecular complexity index is 531. The third-order valence-electron chi connectivity index (χ3n) is 3.73. The molecule has 6 heteroatoms. The van der Waals surface area contributed by atoms with E-state index in [-0.39, 0.29) is 18.1 Å². The fraction of sp³-hybridized carbons (Fsp3) is 0.733. The highest BCUT2D eigenvalue weighted by atomic mass is 16.5. The quantitative estimate of drug-likeness (QED) is 0.878. The van der Waals surface area contributed by atoms with E-state index in [2.05, 4.69) is 10.4 Å². The van der Waals surface area contributed by atoms with Crippen molar-refractivity contribution in [2.45, 2.75) is 58.3 Å². The van der Waals surface area contributed by atoms with Gasteiger partial charge in [0, 0.05) is 25.6 Å². The summed E-state index contributed by atoms with van der Waals surface area (Å²) in [5, 5.41) is 17.0. The van der Waals surface area contributed by atoms with Crippen molar-refractivity contribution in [3.8, 4) is 0 Å². The highest BCUT2D eigenvalue weighted by molar-refractivity contribution is 5.94. The molecule has 0 radical (unpaired) electrons. The minimum Gasteiger partial charge on any atom is -0.390 e. The normalized spacial score (nSPS) is 22.0. The zero-order valence-corrected chi connectivity index (χ0v) is 13.4. The molecule has 2 heterocycles. The molecule has 0 saturated carbocycles. The second-order valence-corrected chi connectivity index (χ2v) is 6.45. The number of nitrogens with one attached hydrogen (secondary N) is 1. The molecule has 0 saturated heterocycles. The lowest BCUT2D eigenvalue weighted by molar-refractivity contribution is -0.00709. The Labute approximate surface area is 125 Å². The van der Waals surface area contributed by atoms with Gasteiger partial charge in [-0.25, -0.2) is 0 Å². The van der Waals surface area contributed by atoms with Crippen LogP contribution in [0, 0.1) is 0 Å². The largest absolute Gasteiger partial charge is 0.390 e. The molecule has 1 aliphatic heterocycles. The monoisotopic (exact) mass is 295 g/mol. The number of aromatic nitrogens is 2. The first-order valence-corrected chi connectivity index (χ1v) is 7.41. The summed E-state index contributed by atoms with van der Waals surface area (Å²) in [7, 11) is 1.78. The summed E-state index contributed by atoms with van der Waals surface area (Å²) < 4.78 is 7.37. The molecular weight excluding hydrogens is 270 g/mol. The number of fused-ring (bicyclic) bond motifs is 1. The summed E-state index contributed by atoms with van der Waals surface area (Å²) in [5.74, 6) is -0.142. The fourth-order valence-corrected chi connectivity index (χ4v) is 2.71. The van der Waals surface area contributed by atoms with Gasteiger partial charge in [0.1, 0.15) is 5.69 Å². The minimum atomic E-state index is -0.782. The van der Waals surface area contributed by atoms with E-state index in [9.17, 15) is 9.90 Å². The molecule has 0 fully saturated rings. The molecule has 2 N–H and O–H groups in total. The summed E-state index contributed by atoms with van der Waals surface area (Å²) in [6.45, 7) is 7.85. The number of nitrogens with zero attached hydrogens (tertiary/aromatic N) is 2. The molecule has 0 aromatic carbocycles. The van der Waals surface area contributed by atoms with Crippen LogP contribution < -0.4 is 5.32 Å². The molecular formula is C15H25N3O3. The Morgan fingerprint density at radius 3 is 2.81 bits per heavy atom. The van der Waals surface area contributed by atoms with E-state index in [1.54, 1.807) is 25.6 Å². The first-order chi connectivity index (χ1) is 9.69. The molecule has 1 aromatic heterocycles. The molecule has 21 heavy (non-hydrogen) atoms. The van der Waals surface area contributed by atoms with Crippen LogP contribution in [0.5, 0.6) is 0 Å². The summed E-state index contributed by atoms with van der Waals surface area (Å²) in [6.07, 6.45) is 1.20. The number of carbonyl (C=O) groups is 1. The number of hydrogen-bond acceptors (Lipinski definition) is 4. The van der Waals surface area contributed by atoms with E-state index in [4.69, 9.17) is 4.74 Å². The van der Waals surface area contributed by atoms with Crippen LogP contribution in [0.15, 0.2) is 0 Å². The average molecular weight is 295 g/mol. The lowest BCUT2D eigenvalue weighted by Gasteiger charge is -2.24. The summed E-state index contributed by atoms with van der Waals surface area (Å²) in [6, 6.07) is 0. The molecule has 2 rings (SSSR count). The Hall–Kier alpha value is -1.40. The number of hydrogen-bond donors (Lipinski definition) is 2. The van der Waals surface area contributed by atoms with Crippen molar-refractivity contribution in [2.75, 3.05) is 6.54 Å². The number of amides is 1. The third-order valence-corrected chi connectivity index (χ3v) is 3.73. The second-order valence-electron chi connectivity index (χ2n) is 6.45. The van der Waals surface area contributed by atoms with E-state index in [0.717, 1.165) is 11.3 Å². The maximum Gasteiger partial charge on any atom is 0.269 e. The van der Waals surface area contributed by atoms with Crippen molar-refractivity contribution in [3.05, 3.63) is 17.0 Å². The minimum absolute atomic E-state index is 0.0830. The standard InChI is InChI=1S/C15H25N3O3/c1-9-8-11-12(10(2)21-9)17-18(5)13(11)14(19)16-7-6-15(3,4)20/h9-10,20H,6-8H2,1-5H3,(H,16,19)/t9-,10+/m1/s1. The van der Waals surface area contributed by atoms with Gasteiger partial charge in [0.15, 0.2) is 0 Å². The molecule has 1 aliphatic rings. The van der Waals surface area contributed by atoms with Crippen LogP contribution in [-0.2, 0) is 18.2 Å². The first kappa shape index (κ1) is 16.0. The second kappa shape index (κ2) is 5.77. The van der Waals surface area contributed by atoms with E-state index < -0.39 is 5.60 Å². The number of carbonyl (C=O) groups excluding carboxylic acids is 1. The third kappa shape index (κ3) is 3.63. The van der Waals surface area contributed by atoms with Crippen LogP contribution in [0.4, 0.5) is 0 Å². The molecule has 1 aromatic rings. The summed E-state index contributed by atoms with van der Waals surface area (Å²) in [4.78, 5) is 12.4. The van der Waals surface area contributed by atoms with Gasteiger partial charge in [-0.2, -0.15) is 5.10 Å². The van der Waals surface area contributed by atoms with Gasteiger partial charge >= 0.3 is 0 Å². The molecule has 6 nitrogen and oxygen atoms in total. The molecule has 0 spiro atoms. The Morgan fingerprint density at radius 2 is 2.19 bits per heavy atom. The smallest absolute Gasteiger partial charge is 0.269 e. The van der Waals surface area contributed by atoms with Crippen molar-refractivity contribution in [2.24, 2.45) is 7.05 Å². The van der Waals surface area contributed by atoms with Gasteiger partial charge in [-0.1, -0.05) is 0 Å². The molecule has 0 bridgehead atoms. The van der Waals surface area contributed by atoms with E-state index in [1.165, 1.54) is 0 Å². The molecule has 1 amide bonds. The van der Waals surface area contributed by atoms with Crippen molar-refractivity contribution in [3.63, 3.8) is 0 Å². The fourth-order valence-electron chi connectivity index (χ4n) is 2.71. The highest BCUT2D eigenvalue weighted by Gasteiger charge is 2.31. The average Bonchev–Trinajstić information content (AvgIpc) is 2.64. The predicted molar refractivity (Wildman–Crippen MR) is 79.1 cm³/mol. The zero-order valence-electron chi connectivity index (χ0n) is 13.4. The van der Waals surface area contributed by atoms with E-state index in [0.29, 0.717) is 25.1 Å². The van der Waals surface area contributed by atoms with Crippen molar-refractivity contribution in [1.82, 2.24) is 15.1 Å². The number of rotatable bonds is 4. The van der Waals surface area contributed by atoms with Crippen LogP contribution in [-0.4, -0.2) is 39.0 Å². The van der Waals surface area contributed by atoms with Crippen molar-refractivity contribution >= 4 is 5.91 Å². The summed E-state index contributed by atoms with van der Waals surface area (Å²) >= 11 is 0. The maximum atomic E-state index is 12.4. The lowest BCUT2D eigenvalue weighted by atomic mass is 9.99. The van der Waals surface area contributed by atoms with Crippen LogP contribution in [0.3, 0.4) is 0 Å². The Kier molecular flexibility index (Phi) is 4.39. The van der Waals surface area contributed by atoms with Gasteiger partial charge in [-0.15, -0.1) is 0 Å². The molecule has 118 valence electrons. The first-order valence-electron chi connectivity index (χ1n) is 7.41. The number of aliphatic hydroxyl groups is 1. The topological polar surface area (TPSA) is 76.4 Å². The van der Waals surface area contributed by atoms with Crippen LogP contribution >= 0.6 is 0 Å². The van der Waals surface area contributed by atoms with Crippen LogP contribution in [0.25, 0.3) is 0 Å². The van der Waals surface area contributed by atoms with Crippen molar-refractivity contribution in [1.29, 1.82) is 0 Å². The van der Waals surface area contributed by atoms with Gasteiger partial charge in [0.05, 0.1) is 23.5 Å². The van der Waals surface area contributed by atoms with Gasteiger partial charge in [-0.05, 0) is 34.1 Å². The summed E-state index contributed by atoms with van der Waals surface area (Å²) in [5.41, 5.74) is 1.64. The van der Waals surface area contributed by atoms with Crippen LogP contribution in [0.2, 0.25) is 0 Å². The molecule has 2 atom stereocenters. The van der Waals surface area contributed by atoms with Gasteiger partial charge in [-0.3, -0.25) is 9.48 Å². The molecule has 0 aliphatic carbocycles. The van der Waals surface area contributed by atoms with Crippen molar-refractivity contribution < 1.29 is 14.6 Å². The van der Waals surface area contributed by atoms with Gasteiger partial charge in [0.2, 0.25) is 0 Å². The zero-order chi connectivity index (χ0) is 15.8. The van der Waals surface area contributed by atoms with E-state index >= 15 is 0 Å². The SMILES string of the molecule is C[C@@H]1Cc2c(nn(C)c2C(=O)NCCC(C)(C)O)[C@H](C)O1.